The van der Waals surface area contributed by atoms with Gasteiger partial charge < -0.3 is 24.5 Å². The molecule has 1 aliphatic rings. The van der Waals surface area contributed by atoms with Crippen molar-refractivity contribution in [2.24, 2.45) is 7.05 Å². The van der Waals surface area contributed by atoms with Crippen molar-refractivity contribution in [1.82, 2.24) is 19.7 Å². The number of hydrogen-bond donors (Lipinski definition) is 2. The molecule has 6 rings (SSSR count). The van der Waals surface area contributed by atoms with Crippen LogP contribution in [0.1, 0.15) is 60.5 Å². The molecule has 0 spiro atoms. The third-order valence-corrected chi connectivity index (χ3v) is 8.50. The first-order valence-corrected chi connectivity index (χ1v) is 16.5. The largest absolute Gasteiger partial charge is 0.493 e. The molecule has 0 saturated carbocycles. The Bertz CT molecular complexity index is 1850. The van der Waals surface area contributed by atoms with E-state index in [9.17, 15) is 23.1 Å². The van der Waals surface area contributed by atoms with Crippen LogP contribution in [-0.2, 0) is 37.8 Å². The van der Waals surface area contributed by atoms with Crippen LogP contribution < -0.4 is 10.1 Å². The maximum atomic E-state index is 13.7. The van der Waals surface area contributed by atoms with Gasteiger partial charge >= 0.3 is 12.1 Å². The molecule has 0 atom stereocenters. The SMILES string of the molecule is CCNCC.Cn1nc(CC(F)(F)F)c2c1COCCCCn1c(C(=O)O)c(CCCOc3cccc4ccccc34)c3cccc-2c31. The fourth-order valence-electron chi connectivity index (χ4n) is 6.46. The third-order valence-electron chi connectivity index (χ3n) is 8.50. The van der Waals surface area contributed by atoms with E-state index in [-0.39, 0.29) is 18.0 Å². The number of aryl methyl sites for hydroxylation is 3. The number of rotatable bonds is 9. The van der Waals surface area contributed by atoms with Crippen LogP contribution in [0.2, 0.25) is 0 Å². The summed E-state index contributed by atoms with van der Waals surface area (Å²) in [5.74, 6) is -0.306. The van der Waals surface area contributed by atoms with Crippen LogP contribution in [0.25, 0.3) is 32.8 Å². The van der Waals surface area contributed by atoms with E-state index in [1.807, 2.05) is 48.5 Å². The van der Waals surface area contributed by atoms with Gasteiger partial charge in [-0.05, 0) is 55.8 Å². The highest BCUT2D eigenvalue weighted by Gasteiger charge is 2.34. The van der Waals surface area contributed by atoms with Gasteiger partial charge in [-0.2, -0.15) is 18.3 Å². The highest BCUT2D eigenvalue weighted by atomic mass is 19.4. The number of alkyl halides is 3. The Labute approximate surface area is 278 Å². The van der Waals surface area contributed by atoms with Crippen molar-refractivity contribution in [2.45, 2.75) is 65.3 Å². The van der Waals surface area contributed by atoms with Crippen molar-refractivity contribution >= 4 is 27.6 Å². The Balaban J connectivity index is 0.000000840. The molecule has 5 aromatic rings. The normalized spacial score (nSPS) is 13.5. The Morgan fingerprint density at radius 2 is 1.75 bits per heavy atom. The van der Waals surface area contributed by atoms with Crippen LogP contribution >= 0.6 is 0 Å². The number of nitrogens with one attached hydrogen (secondary N) is 1. The van der Waals surface area contributed by atoms with Gasteiger partial charge in [-0.15, -0.1) is 0 Å². The van der Waals surface area contributed by atoms with Crippen LogP contribution in [0, 0.1) is 0 Å². The summed E-state index contributed by atoms with van der Waals surface area (Å²) in [5, 5.41) is 20.6. The molecule has 8 nitrogen and oxygen atoms in total. The van der Waals surface area contributed by atoms with E-state index < -0.39 is 18.6 Å². The van der Waals surface area contributed by atoms with Crippen molar-refractivity contribution in [3.63, 3.8) is 0 Å². The van der Waals surface area contributed by atoms with Crippen LogP contribution in [0.4, 0.5) is 13.2 Å². The summed E-state index contributed by atoms with van der Waals surface area (Å²) >= 11 is 0. The second kappa shape index (κ2) is 15.7. The van der Waals surface area contributed by atoms with E-state index in [1.165, 1.54) is 4.68 Å². The topological polar surface area (TPSA) is 90.5 Å². The standard InChI is InChI=1S/C33H32F3N3O4.C4H11N/c1-38-27-20-42-17-5-4-16-39-30-23(12-7-13-25(30)29(27)26(37-38)19-33(34,35)36)24(31(39)32(40)41)14-8-18-43-28-15-6-10-21-9-2-3-11-22(21)28;1-3-5-4-2/h2-3,6-7,9-13,15H,4-5,8,14,16-20H2,1H3,(H,40,41);5H,3-4H2,1-2H3. The van der Waals surface area contributed by atoms with Gasteiger partial charge in [0.05, 0.1) is 36.5 Å². The van der Waals surface area contributed by atoms with Crippen LogP contribution in [-0.4, -0.2) is 57.9 Å². The van der Waals surface area contributed by atoms with Gasteiger partial charge in [-0.25, -0.2) is 4.79 Å². The predicted molar refractivity (Wildman–Crippen MR) is 182 cm³/mol. The van der Waals surface area contributed by atoms with E-state index in [0.717, 1.165) is 29.6 Å². The van der Waals surface area contributed by atoms with Crippen LogP contribution in [0.15, 0.2) is 60.7 Å². The lowest BCUT2D eigenvalue weighted by atomic mass is 9.97. The molecule has 0 aliphatic carbocycles. The summed E-state index contributed by atoms with van der Waals surface area (Å²) in [4.78, 5) is 12.8. The number of ether oxygens (including phenoxy) is 2. The first-order valence-electron chi connectivity index (χ1n) is 16.5. The number of carbonyl (C=O) groups is 1. The second-order valence-corrected chi connectivity index (χ2v) is 11.8. The molecule has 0 bridgehead atoms. The highest BCUT2D eigenvalue weighted by molar-refractivity contribution is 6.04. The van der Waals surface area contributed by atoms with Crippen molar-refractivity contribution in [3.8, 4) is 16.9 Å². The Morgan fingerprint density at radius 3 is 2.48 bits per heavy atom. The fraction of sp³-hybridized carbons (Fsp3) is 0.405. The minimum absolute atomic E-state index is 0.102. The molecule has 2 N–H and O–H groups in total. The Morgan fingerprint density at radius 1 is 1.02 bits per heavy atom. The Kier molecular flexibility index (Phi) is 11.4. The number of fused-ring (bicyclic) bond motifs is 3. The Hall–Kier alpha value is -4.35. The molecule has 0 unspecified atom stereocenters. The number of benzene rings is 3. The van der Waals surface area contributed by atoms with Crippen molar-refractivity contribution < 1.29 is 32.5 Å². The lowest BCUT2D eigenvalue weighted by molar-refractivity contribution is -0.127. The summed E-state index contributed by atoms with van der Waals surface area (Å²) in [6, 6.07) is 19.2. The van der Waals surface area contributed by atoms with Gasteiger partial charge in [0.1, 0.15) is 11.4 Å². The van der Waals surface area contributed by atoms with Gasteiger partial charge in [0.25, 0.3) is 0 Å². The number of aromatic carboxylic acids is 1. The number of halogens is 3. The average Bonchev–Trinajstić information content (AvgIpc) is 3.52. The molecule has 0 fully saturated rings. The number of hydrogen-bond acceptors (Lipinski definition) is 5. The molecule has 0 amide bonds. The number of carboxylic acids is 1. The van der Waals surface area contributed by atoms with Gasteiger partial charge in [-0.1, -0.05) is 68.4 Å². The fourth-order valence-corrected chi connectivity index (χ4v) is 6.46. The molecule has 48 heavy (non-hydrogen) atoms. The molecule has 256 valence electrons. The lowest BCUT2D eigenvalue weighted by Crippen LogP contribution is -2.13. The summed E-state index contributed by atoms with van der Waals surface area (Å²) in [5.41, 5.74) is 2.75. The van der Waals surface area contributed by atoms with Crippen molar-refractivity contribution in [3.05, 3.63) is 83.3 Å². The van der Waals surface area contributed by atoms with E-state index in [2.05, 4.69) is 24.3 Å². The van der Waals surface area contributed by atoms with E-state index in [1.54, 1.807) is 23.7 Å². The second-order valence-electron chi connectivity index (χ2n) is 11.8. The molecule has 3 heterocycles. The molecule has 0 radical (unpaired) electrons. The summed E-state index contributed by atoms with van der Waals surface area (Å²) < 4.78 is 56.2. The van der Waals surface area contributed by atoms with Gasteiger partial charge in [0.15, 0.2) is 0 Å². The molecule has 3 aromatic carbocycles. The minimum Gasteiger partial charge on any atom is -0.493 e. The molecule has 11 heteroatoms. The molecular formula is C37H43F3N4O4. The van der Waals surface area contributed by atoms with Crippen molar-refractivity contribution in [1.29, 1.82) is 0 Å². The molecule has 1 aliphatic heterocycles. The quantitative estimate of drug-likeness (QED) is 0.156. The third kappa shape index (κ3) is 7.85. The van der Waals surface area contributed by atoms with Crippen LogP contribution in [0.5, 0.6) is 5.75 Å². The summed E-state index contributed by atoms with van der Waals surface area (Å²) in [7, 11) is 1.62. The number of nitrogens with zero attached hydrogens (tertiary/aromatic N) is 3. The van der Waals surface area contributed by atoms with Gasteiger partial charge in [0, 0.05) is 42.1 Å². The number of para-hydroxylation sites is 1. The summed E-state index contributed by atoms with van der Waals surface area (Å²) in [6.45, 7) is 7.67. The van der Waals surface area contributed by atoms with E-state index >= 15 is 0 Å². The first-order chi connectivity index (χ1) is 23.1. The average molecular weight is 665 g/mol. The maximum absolute atomic E-state index is 13.7. The number of aromatic nitrogens is 3. The van der Waals surface area contributed by atoms with Gasteiger partial charge in [0.2, 0.25) is 0 Å². The maximum Gasteiger partial charge on any atom is 0.394 e. The highest BCUT2D eigenvalue weighted by Crippen LogP contribution is 2.40. The molecular weight excluding hydrogens is 621 g/mol. The van der Waals surface area contributed by atoms with E-state index in [4.69, 9.17) is 9.47 Å². The zero-order valence-corrected chi connectivity index (χ0v) is 27.7. The van der Waals surface area contributed by atoms with Crippen molar-refractivity contribution in [2.75, 3.05) is 26.3 Å². The van der Waals surface area contributed by atoms with Crippen LogP contribution in [0.3, 0.4) is 0 Å². The molecule has 2 aromatic heterocycles. The van der Waals surface area contributed by atoms with Gasteiger partial charge in [-0.3, -0.25) is 4.68 Å². The predicted octanol–water partition coefficient (Wildman–Crippen LogP) is 7.94. The first kappa shape index (κ1) is 35.0. The number of carboxylic acid groups (broad SMARTS) is 1. The monoisotopic (exact) mass is 664 g/mol. The minimum atomic E-state index is -4.47. The zero-order valence-electron chi connectivity index (χ0n) is 27.7. The smallest absolute Gasteiger partial charge is 0.394 e. The summed E-state index contributed by atoms with van der Waals surface area (Å²) in [6.07, 6.45) is -3.34. The molecule has 0 saturated heterocycles. The van der Waals surface area contributed by atoms with E-state index in [0.29, 0.717) is 78.7 Å². The zero-order chi connectivity index (χ0) is 34.3. The lowest BCUT2D eigenvalue weighted by Gasteiger charge is -2.13.